The Kier molecular flexibility index (Phi) is 4.21. The van der Waals surface area contributed by atoms with Gasteiger partial charge in [-0.05, 0) is 23.9 Å². The molecular formula is C14H13N3O2S2. The maximum Gasteiger partial charge on any atom is 0.313 e. The molecule has 3 heterocycles. The normalized spacial score (nSPS) is 11.0. The van der Waals surface area contributed by atoms with E-state index < -0.39 is 5.97 Å². The summed E-state index contributed by atoms with van der Waals surface area (Å²) in [5.41, 5.74) is 1.80. The van der Waals surface area contributed by atoms with Crippen molar-refractivity contribution in [2.75, 3.05) is 5.75 Å². The van der Waals surface area contributed by atoms with E-state index in [-0.39, 0.29) is 5.75 Å². The molecule has 0 aromatic carbocycles. The number of carbonyl (C=O) groups is 1. The molecule has 0 saturated heterocycles. The first kappa shape index (κ1) is 14.1. The maximum atomic E-state index is 10.8. The van der Waals surface area contributed by atoms with Gasteiger partial charge in [-0.1, -0.05) is 17.8 Å². The first-order valence-electron chi connectivity index (χ1n) is 6.41. The molecule has 0 atom stereocenters. The van der Waals surface area contributed by atoms with Crippen LogP contribution < -0.4 is 0 Å². The predicted octanol–water partition coefficient (Wildman–Crippen LogP) is 2.91. The molecule has 7 heteroatoms. The molecule has 21 heavy (non-hydrogen) atoms. The first-order valence-corrected chi connectivity index (χ1v) is 8.28. The molecular weight excluding hydrogens is 306 g/mol. The summed E-state index contributed by atoms with van der Waals surface area (Å²) in [6, 6.07) is 6.06. The Balaban J connectivity index is 1.89. The number of pyridine rings is 1. The smallest absolute Gasteiger partial charge is 0.313 e. The molecule has 0 amide bonds. The van der Waals surface area contributed by atoms with Crippen molar-refractivity contribution in [3.05, 3.63) is 40.8 Å². The SMILES string of the molecule is O=C(O)CSc1nc2cnccc2n1CCc1cccs1. The Labute approximate surface area is 129 Å². The lowest BCUT2D eigenvalue weighted by molar-refractivity contribution is -0.133. The second-order valence-electron chi connectivity index (χ2n) is 4.42. The van der Waals surface area contributed by atoms with Crippen LogP contribution in [0.2, 0.25) is 0 Å². The van der Waals surface area contributed by atoms with Crippen LogP contribution in [0.25, 0.3) is 11.0 Å². The third-order valence-electron chi connectivity index (χ3n) is 3.00. The van der Waals surface area contributed by atoms with Crippen LogP contribution in [0.3, 0.4) is 0 Å². The molecule has 0 aliphatic carbocycles. The third-order valence-corrected chi connectivity index (χ3v) is 4.90. The second kappa shape index (κ2) is 6.28. The van der Waals surface area contributed by atoms with Gasteiger partial charge in [0.05, 0.1) is 17.5 Å². The van der Waals surface area contributed by atoms with Crippen LogP contribution >= 0.6 is 23.1 Å². The Hall–Kier alpha value is -1.86. The van der Waals surface area contributed by atoms with Crippen molar-refractivity contribution in [3.63, 3.8) is 0 Å². The number of fused-ring (bicyclic) bond motifs is 1. The zero-order valence-electron chi connectivity index (χ0n) is 11.1. The minimum absolute atomic E-state index is 0.00968. The van der Waals surface area contributed by atoms with Gasteiger partial charge in [-0.25, -0.2) is 4.98 Å². The minimum Gasteiger partial charge on any atom is -0.481 e. The zero-order chi connectivity index (χ0) is 14.7. The van der Waals surface area contributed by atoms with E-state index in [2.05, 4.69) is 26.0 Å². The number of aliphatic carboxylic acids is 1. The summed E-state index contributed by atoms with van der Waals surface area (Å²) in [6.45, 7) is 0.781. The van der Waals surface area contributed by atoms with Crippen LogP contribution in [0.15, 0.2) is 41.1 Å². The van der Waals surface area contributed by atoms with Gasteiger partial charge in [0, 0.05) is 17.6 Å². The fourth-order valence-corrected chi connectivity index (χ4v) is 3.55. The number of hydrogen-bond donors (Lipinski definition) is 1. The fraction of sp³-hybridized carbons (Fsp3) is 0.214. The molecule has 5 nitrogen and oxygen atoms in total. The molecule has 3 aromatic heterocycles. The van der Waals surface area contributed by atoms with Gasteiger partial charge < -0.3 is 9.67 Å². The first-order chi connectivity index (χ1) is 10.2. The van der Waals surface area contributed by atoms with Crippen LogP contribution in [-0.4, -0.2) is 31.4 Å². The highest BCUT2D eigenvalue weighted by atomic mass is 32.2. The van der Waals surface area contributed by atoms with Crippen molar-refractivity contribution in [3.8, 4) is 0 Å². The lowest BCUT2D eigenvalue weighted by Gasteiger charge is -2.07. The Morgan fingerprint density at radius 2 is 2.33 bits per heavy atom. The van der Waals surface area contributed by atoms with E-state index in [4.69, 9.17) is 5.11 Å². The van der Waals surface area contributed by atoms with Gasteiger partial charge in [0.2, 0.25) is 0 Å². The molecule has 3 rings (SSSR count). The van der Waals surface area contributed by atoms with Gasteiger partial charge in [0.25, 0.3) is 0 Å². The molecule has 1 N–H and O–H groups in total. The summed E-state index contributed by atoms with van der Waals surface area (Å²) < 4.78 is 2.07. The number of carboxylic acids is 1. The topological polar surface area (TPSA) is 68.0 Å². The molecule has 0 saturated carbocycles. The summed E-state index contributed by atoms with van der Waals surface area (Å²) >= 11 is 2.97. The third kappa shape index (κ3) is 3.25. The number of carboxylic acid groups (broad SMARTS) is 1. The molecule has 0 aliphatic heterocycles. The second-order valence-corrected chi connectivity index (χ2v) is 6.40. The summed E-state index contributed by atoms with van der Waals surface area (Å²) in [5.74, 6) is -0.828. The Bertz CT molecular complexity index is 753. The van der Waals surface area contributed by atoms with E-state index in [1.807, 2.05) is 12.1 Å². The summed E-state index contributed by atoms with van der Waals surface area (Å²) in [6.07, 6.45) is 4.35. The molecule has 0 aliphatic rings. The van der Waals surface area contributed by atoms with E-state index in [0.717, 1.165) is 29.2 Å². The van der Waals surface area contributed by atoms with E-state index in [1.165, 1.54) is 16.6 Å². The van der Waals surface area contributed by atoms with Crippen molar-refractivity contribution < 1.29 is 9.90 Å². The average molecular weight is 319 g/mol. The van der Waals surface area contributed by atoms with Crippen LogP contribution in [0.1, 0.15) is 4.88 Å². The number of thioether (sulfide) groups is 1. The van der Waals surface area contributed by atoms with Crippen LogP contribution in [0, 0.1) is 0 Å². The highest BCUT2D eigenvalue weighted by Crippen LogP contribution is 2.24. The van der Waals surface area contributed by atoms with Gasteiger partial charge in [0.15, 0.2) is 5.16 Å². The van der Waals surface area contributed by atoms with Crippen LogP contribution in [-0.2, 0) is 17.8 Å². The van der Waals surface area contributed by atoms with Crippen molar-refractivity contribution in [1.29, 1.82) is 0 Å². The zero-order valence-corrected chi connectivity index (χ0v) is 12.7. The number of rotatable bonds is 6. The Morgan fingerprint density at radius 1 is 1.43 bits per heavy atom. The van der Waals surface area contributed by atoms with E-state index in [1.54, 1.807) is 23.7 Å². The number of aromatic nitrogens is 3. The van der Waals surface area contributed by atoms with E-state index >= 15 is 0 Å². The lowest BCUT2D eigenvalue weighted by atomic mass is 10.3. The summed E-state index contributed by atoms with van der Waals surface area (Å²) in [4.78, 5) is 20.6. The number of hydrogen-bond acceptors (Lipinski definition) is 5. The highest BCUT2D eigenvalue weighted by molar-refractivity contribution is 7.99. The molecule has 0 fully saturated rings. The minimum atomic E-state index is -0.838. The number of imidazole rings is 1. The monoisotopic (exact) mass is 319 g/mol. The highest BCUT2D eigenvalue weighted by Gasteiger charge is 2.12. The van der Waals surface area contributed by atoms with Crippen molar-refractivity contribution in [1.82, 2.24) is 14.5 Å². The average Bonchev–Trinajstić information content (AvgIpc) is 3.10. The van der Waals surface area contributed by atoms with Gasteiger partial charge >= 0.3 is 5.97 Å². The quantitative estimate of drug-likeness (QED) is 0.708. The predicted molar refractivity (Wildman–Crippen MR) is 83.9 cm³/mol. The molecule has 0 bridgehead atoms. The van der Waals surface area contributed by atoms with E-state index in [0.29, 0.717) is 0 Å². The van der Waals surface area contributed by atoms with E-state index in [9.17, 15) is 4.79 Å². The molecule has 0 unspecified atom stereocenters. The van der Waals surface area contributed by atoms with Crippen molar-refractivity contribution in [2.45, 2.75) is 18.1 Å². The largest absolute Gasteiger partial charge is 0.481 e. The van der Waals surface area contributed by atoms with Gasteiger partial charge in [-0.3, -0.25) is 9.78 Å². The van der Waals surface area contributed by atoms with Gasteiger partial charge in [-0.2, -0.15) is 0 Å². The van der Waals surface area contributed by atoms with Gasteiger partial charge in [0.1, 0.15) is 5.52 Å². The molecule has 108 valence electrons. The van der Waals surface area contributed by atoms with Crippen molar-refractivity contribution >= 4 is 40.1 Å². The molecule has 0 spiro atoms. The molecule has 0 radical (unpaired) electrons. The standard InChI is InChI=1S/C14H13N3O2S2/c18-13(19)9-21-14-16-11-8-15-5-3-12(11)17(14)6-4-10-2-1-7-20-10/h1-3,5,7-8H,4,6,9H2,(H,18,19). The van der Waals surface area contributed by atoms with Crippen LogP contribution in [0.4, 0.5) is 0 Å². The number of nitrogens with zero attached hydrogens (tertiary/aromatic N) is 3. The number of aryl methyl sites for hydroxylation is 2. The van der Waals surface area contributed by atoms with Crippen molar-refractivity contribution in [2.24, 2.45) is 0 Å². The molecule has 3 aromatic rings. The Morgan fingerprint density at radius 3 is 3.10 bits per heavy atom. The summed E-state index contributed by atoms with van der Waals surface area (Å²) in [7, 11) is 0. The summed E-state index contributed by atoms with van der Waals surface area (Å²) in [5, 5.41) is 11.6. The fourth-order valence-electron chi connectivity index (χ4n) is 2.09. The number of thiophene rings is 1. The lowest BCUT2D eigenvalue weighted by Crippen LogP contribution is -2.05. The van der Waals surface area contributed by atoms with Gasteiger partial charge in [-0.15, -0.1) is 11.3 Å². The maximum absolute atomic E-state index is 10.8. The van der Waals surface area contributed by atoms with Crippen LogP contribution in [0.5, 0.6) is 0 Å².